The number of hydroxylamine groups is 1. The number of ether oxygens (including phenoxy) is 1. The van der Waals surface area contributed by atoms with Crippen LogP contribution >= 0.6 is 11.6 Å². The number of benzene rings is 2. The van der Waals surface area contributed by atoms with E-state index in [1.165, 1.54) is 18.2 Å². The van der Waals surface area contributed by atoms with E-state index in [9.17, 15) is 19.8 Å². The molecule has 0 unspecified atom stereocenters. The third kappa shape index (κ3) is 4.16. The summed E-state index contributed by atoms with van der Waals surface area (Å²) in [5, 5.41) is 24.1. The second-order valence-corrected chi connectivity index (χ2v) is 14.1. The van der Waals surface area contributed by atoms with Crippen LogP contribution in [0.4, 0.5) is 14.5 Å². The van der Waals surface area contributed by atoms with Gasteiger partial charge >= 0.3 is 0 Å². The van der Waals surface area contributed by atoms with Crippen molar-refractivity contribution in [3.05, 3.63) is 82.9 Å². The second kappa shape index (κ2) is 10.5. The molecule has 0 amide bonds. The van der Waals surface area contributed by atoms with Crippen molar-refractivity contribution in [1.82, 2.24) is 0 Å². The zero-order valence-electron chi connectivity index (χ0n) is 25.1. The standard InChI is InChI=1S/C35H36ClF2NO6/c1-32-11-10-24(41)14-28(32)29(37)15-27-26-12-21-17-39(23-8-6-20(7-9-23)19-44-25-5-3-4-22(36)13-25)45-35(21,31(43)18-40)33(26,2)16-30(42)34(27,32)38/h3-11,13-14,21,26-27,29-30,40,42H,12,15-19H2,1-2H3/t21-,26-,27-,29-,30-,32-,33-,34-,35-/m0/s1. The third-order valence-electron chi connectivity index (χ3n) is 11.6. The smallest absolute Gasteiger partial charge is 0.193 e. The number of allylic oxidation sites excluding steroid dienone is 4. The van der Waals surface area contributed by atoms with Crippen molar-refractivity contribution in [2.45, 2.75) is 63.3 Å². The predicted octanol–water partition coefficient (Wildman–Crippen LogP) is 5.52. The third-order valence-corrected chi connectivity index (χ3v) is 11.8. The number of nitrogens with zero attached hydrogens (tertiary/aromatic N) is 1. The number of carbonyl (C=O) groups is 2. The van der Waals surface area contributed by atoms with Crippen LogP contribution in [0, 0.1) is 28.6 Å². The predicted molar refractivity (Wildman–Crippen MR) is 163 cm³/mol. The minimum Gasteiger partial charge on any atom is -0.489 e. The summed E-state index contributed by atoms with van der Waals surface area (Å²) in [5.41, 5.74) is -4.75. The van der Waals surface area contributed by atoms with Crippen LogP contribution in [0.3, 0.4) is 0 Å². The molecule has 0 spiro atoms. The number of aliphatic hydroxyl groups is 2. The molecule has 0 radical (unpaired) electrons. The first kappa shape index (κ1) is 30.5. The first-order valence-corrected chi connectivity index (χ1v) is 15.8. The van der Waals surface area contributed by atoms with E-state index in [1.807, 2.05) is 43.3 Å². The molecule has 4 fully saturated rings. The number of fused-ring (bicyclic) bond motifs is 7. The Hall–Kier alpha value is -3.11. The number of alkyl halides is 2. The van der Waals surface area contributed by atoms with Crippen LogP contribution in [0.5, 0.6) is 5.75 Å². The van der Waals surface area contributed by atoms with Crippen LogP contribution in [0.15, 0.2) is 72.3 Å². The molecule has 9 atom stereocenters. The van der Waals surface area contributed by atoms with Crippen molar-refractivity contribution in [3.8, 4) is 5.75 Å². The molecule has 3 saturated carbocycles. The lowest BCUT2D eigenvalue weighted by molar-refractivity contribution is -0.228. The second-order valence-electron chi connectivity index (χ2n) is 13.7. The minimum absolute atomic E-state index is 0.0552. The minimum atomic E-state index is -2.26. The van der Waals surface area contributed by atoms with Crippen molar-refractivity contribution in [2.24, 2.45) is 28.6 Å². The number of rotatable bonds is 6. The summed E-state index contributed by atoms with van der Waals surface area (Å²) in [6, 6.07) is 14.6. The van der Waals surface area contributed by atoms with E-state index >= 15 is 8.78 Å². The van der Waals surface area contributed by atoms with Crippen LogP contribution in [-0.4, -0.2) is 58.5 Å². The molecule has 238 valence electrons. The molecule has 5 aliphatic rings. The quantitative estimate of drug-likeness (QED) is 0.430. The van der Waals surface area contributed by atoms with Crippen molar-refractivity contribution < 1.29 is 38.2 Å². The molecule has 1 saturated heterocycles. The van der Waals surface area contributed by atoms with E-state index in [0.29, 0.717) is 36.0 Å². The lowest BCUT2D eigenvalue weighted by Crippen LogP contribution is -2.70. The fourth-order valence-corrected chi connectivity index (χ4v) is 9.68. The van der Waals surface area contributed by atoms with E-state index in [1.54, 1.807) is 24.1 Å². The van der Waals surface area contributed by atoms with Gasteiger partial charge in [-0.2, -0.15) is 0 Å². The maximum Gasteiger partial charge on any atom is 0.193 e. The molecule has 2 aromatic rings. The molecule has 7 rings (SSSR count). The molecule has 0 bridgehead atoms. The molecule has 4 aliphatic carbocycles. The van der Waals surface area contributed by atoms with E-state index < -0.39 is 70.3 Å². The van der Waals surface area contributed by atoms with Crippen molar-refractivity contribution >= 4 is 28.9 Å². The molecule has 10 heteroatoms. The zero-order valence-corrected chi connectivity index (χ0v) is 25.8. The lowest BCUT2D eigenvalue weighted by atomic mass is 9.44. The number of ketones is 2. The normalized spacial score (nSPS) is 39.9. The Morgan fingerprint density at radius 2 is 1.91 bits per heavy atom. The monoisotopic (exact) mass is 639 g/mol. The summed E-state index contributed by atoms with van der Waals surface area (Å²) in [5.74, 6) is -2.17. The molecular weight excluding hydrogens is 604 g/mol. The average Bonchev–Trinajstić information content (AvgIpc) is 3.52. The molecule has 45 heavy (non-hydrogen) atoms. The molecule has 1 heterocycles. The fraction of sp³-hybridized carbons (Fsp3) is 0.486. The van der Waals surface area contributed by atoms with Gasteiger partial charge < -0.3 is 14.9 Å². The summed E-state index contributed by atoms with van der Waals surface area (Å²) >= 11 is 6.05. The zero-order chi connectivity index (χ0) is 31.9. The Kier molecular flexibility index (Phi) is 7.09. The maximum atomic E-state index is 17.6. The maximum absolute atomic E-state index is 17.6. The fourth-order valence-electron chi connectivity index (χ4n) is 9.50. The summed E-state index contributed by atoms with van der Waals surface area (Å²) in [7, 11) is 0. The van der Waals surface area contributed by atoms with Crippen molar-refractivity contribution in [1.29, 1.82) is 0 Å². The average molecular weight is 640 g/mol. The highest BCUT2D eigenvalue weighted by atomic mass is 35.5. The Balaban J connectivity index is 1.18. The van der Waals surface area contributed by atoms with Crippen LogP contribution in [0.2, 0.25) is 5.02 Å². The molecule has 2 N–H and O–H groups in total. The summed E-state index contributed by atoms with van der Waals surface area (Å²) < 4.78 is 39.2. The van der Waals surface area contributed by atoms with Crippen LogP contribution in [0.1, 0.15) is 38.7 Å². The first-order chi connectivity index (χ1) is 21.4. The number of Topliss-reactive ketones (excluding diaryl/α,β-unsaturated/α-hetero) is 1. The first-order valence-electron chi connectivity index (χ1n) is 15.4. The number of anilines is 1. The highest BCUT2D eigenvalue weighted by Crippen LogP contribution is 2.72. The van der Waals surface area contributed by atoms with Gasteiger partial charge in [0.15, 0.2) is 22.8 Å². The van der Waals surface area contributed by atoms with Gasteiger partial charge in [-0.15, -0.1) is 0 Å². The van der Waals surface area contributed by atoms with Gasteiger partial charge in [-0.05, 0) is 85.7 Å². The van der Waals surface area contributed by atoms with E-state index in [-0.39, 0.29) is 18.4 Å². The molecule has 1 aliphatic heterocycles. The Labute approximate surface area is 265 Å². The van der Waals surface area contributed by atoms with Gasteiger partial charge in [-0.1, -0.05) is 42.8 Å². The highest BCUT2D eigenvalue weighted by Gasteiger charge is 2.79. The van der Waals surface area contributed by atoms with Gasteiger partial charge in [-0.25, -0.2) is 8.78 Å². The Morgan fingerprint density at radius 1 is 1.16 bits per heavy atom. The molecule has 2 aromatic carbocycles. The topological polar surface area (TPSA) is 96.3 Å². The molecular formula is C35H36ClF2NO6. The van der Waals surface area contributed by atoms with Crippen molar-refractivity contribution in [2.75, 3.05) is 18.2 Å². The summed E-state index contributed by atoms with van der Waals surface area (Å²) in [6.07, 6.45) is 0.697. The number of halogens is 3. The van der Waals surface area contributed by atoms with Crippen LogP contribution in [0.25, 0.3) is 0 Å². The van der Waals surface area contributed by atoms with Gasteiger partial charge in [0.25, 0.3) is 0 Å². The van der Waals surface area contributed by atoms with Gasteiger partial charge in [0.1, 0.15) is 25.1 Å². The number of hydrogen-bond donors (Lipinski definition) is 2. The molecule has 7 nitrogen and oxygen atoms in total. The van der Waals surface area contributed by atoms with Crippen LogP contribution in [-0.2, 0) is 21.0 Å². The number of aliphatic hydroxyl groups excluding tert-OH is 2. The SMILES string of the molecule is C[C@]12C=CC(=O)C=C1[C@@H](F)C[C@H]1[C@@H]3C[C@H]4CN(c5ccc(COc6cccc(Cl)c6)cc5)O[C@@]4(C(=O)CO)[C@@]3(C)C[C@H](O)[C@@]12F. The van der Waals surface area contributed by atoms with Gasteiger partial charge in [0, 0.05) is 27.7 Å². The Bertz CT molecular complexity index is 1620. The van der Waals surface area contributed by atoms with E-state index in [4.69, 9.17) is 21.2 Å². The van der Waals surface area contributed by atoms with Crippen molar-refractivity contribution in [3.63, 3.8) is 0 Å². The van der Waals surface area contributed by atoms with Gasteiger partial charge in [0.2, 0.25) is 0 Å². The lowest BCUT2D eigenvalue weighted by Gasteiger charge is -2.63. The summed E-state index contributed by atoms with van der Waals surface area (Å²) in [4.78, 5) is 32.5. The molecule has 0 aromatic heterocycles. The highest BCUT2D eigenvalue weighted by molar-refractivity contribution is 6.30. The Morgan fingerprint density at radius 3 is 2.62 bits per heavy atom. The van der Waals surface area contributed by atoms with Crippen LogP contribution < -0.4 is 9.80 Å². The van der Waals surface area contributed by atoms with Gasteiger partial charge in [-0.3, -0.25) is 19.5 Å². The van der Waals surface area contributed by atoms with Gasteiger partial charge in [0.05, 0.1) is 18.3 Å². The largest absolute Gasteiger partial charge is 0.489 e. The number of hydrogen-bond acceptors (Lipinski definition) is 7. The van der Waals surface area contributed by atoms with E-state index in [0.717, 1.165) is 5.56 Å². The summed E-state index contributed by atoms with van der Waals surface area (Å²) in [6.45, 7) is 3.20. The number of carbonyl (C=O) groups excluding carboxylic acids is 2. The van der Waals surface area contributed by atoms with E-state index in [2.05, 4.69) is 0 Å².